The minimum atomic E-state index is -1.90. The van der Waals surface area contributed by atoms with Gasteiger partial charge < -0.3 is 15.2 Å². The highest BCUT2D eigenvalue weighted by Crippen LogP contribution is 2.34. The molecule has 0 saturated heterocycles. The summed E-state index contributed by atoms with van der Waals surface area (Å²) in [6, 6.07) is 14.1. The predicted octanol–water partition coefficient (Wildman–Crippen LogP) is 3.04. The second-order valence-electron chi connectivity index (χ2n) is 8.79. The average molecular weight is 539 g/mol. The topological polar surface area (TPSA) is 110 Å². The molecule has 1 aliphatic carbocycles. The van der Waals surface area contributed by atoms with Crippen LogP contribution in [-0.4, -0.2) is 38.2 Å². The number of aryl methyl sites for hydroxylation is 1. The van der Waals surface area contributed by atoms with Gasteiger partial charge in [-0.1, -0.05) is 6.07 Å². The van der Waals surface area contributed by atoms with Crippen molar-refractivity contribution in [1.82, 2.24) is 20.2 Å². The summed E-state index contributed by atoms with van der Waals surface area (Å²) >= 11 is 1.21. The highest BCUT2D eigenvalue weighted by atomic mass is 32.2. The van der Waals surface area contributed by atoms with E-state index in [1.807, 2.05) is 18.2 Å². The summed E-state index contributed by atoms with van der Waals surface area (Å²) in [6.07, 6.45) is 3.52. The van der Waals surface area contributed by atoms with Crippen LogP contribution in [0.4, 0.5) is 4.39 Å². The summed E-state index contributed by atoms with van der Waals surface area (Å²) in [6.45, 7) is -0.246. The quantitative estimate of drug-likeness (QED) is 0.358. The van der Waals surface area contributed by atoms with Crippen LogP contribution < -0.4 is 16.2 Å². The largest absolute Gasteiger partial charge is 0.352 e. The lowest BCUT2D eigenvalue weighted by Crippen LogP contribution is -2.40. The fraction of sp³-hybridized carbons (Fsp3) is 0.231. The molecule has 1 aliphatic rings. The van der Waals surface area contributed by atoms with Gasteiger partial charge in [-0.3, -0.25) is 18.6 Å². The van der Waals surface area contributed by atoms with E-state index >= 15 is 0 Å². The van der Waals surface area contributed by atoms with Crippen molar-refractivity contribution in [2.24, 2.45) is 7.05 Å². The Hall–Kier alpha value is -3.70. The van der Waals surface area contributed by atoms with E-state index in [0.717, 1.165) is 28.7 Å². The first-order valence-electron chi connectivity index (χ1n) is 11.6. The summed E-state index contributed by atoms with van der Waals surface area (Å²) in [7, 11) is -0.231. The number of hydrogen-bond acceptors (Lipinski definition) is 6. The van der Waals surface area contributed by atoms with E-state index in [1.54, 1.807) is 19.3 Å². The molecule has 2 N–H and O–H groups in total. The third kappa shape index (κ3) is 5.67. The van der Waals surface area contributed by atoms with Gasteiger partial charge in [-0.15, -0.1) is 11.3 Å². The minimum absolute atomic E-state index is 0.139. The van der Waals surface area contributed by atoms with Gasteiger partial charge in [0.1, 0.15) is 10.8 Å². The van der Waals surface area contributed by atoms with Gasteiger partial charge in [-0.2, -0.15) is 0 Å². The number of aromatic nitrogens is 2. The molecule has 2 amide bonds. The number of carbonyl (C=O) groups excluding carboxylic acids is 2. The molecule has 2 aromatic carbocycles. The molecule has 2 unspecified atom stereocenters. The Morgan fingerprint density at radius 2 is 1.86 bits per heavy atom. The summed E-state index contributed by atoms with van der Waals surface area (Å²) in [4.78, 5) is 42.3. The van der Waals surface area contributed by atoms with E-state index in [1.165, 1.54) is 46.2 Å². The molecule has 8 nitrogen and oxygen atoms in total. The molecule has 190 valence electrons. The maximum atomic E-state index is 13.5. The lowest BCUT2D eigenvalue weighted by atomic mass is 10.1. The third-order valence-electron chi connectivity index (χ3n) is 5.93. The summed E-state index contributed by atoms with van der Waals surface area (Å²) in [5, 5.41) is 4.48. The van der Waals surface area contributed by atoms with Gasteiger partial charge in [0.25, 0.3) is 5.56 Å². The monoisotopic (exact) mass is 538 g/mol. The Balaban J connectivity index is 1.47. The molecule has 4 aromatic rings. The standard InChI is InChI=1S/C26H23FN4O4S2/c1-31-11-10-16(13-23(31)33)15-2-9-20-21(12-15)36-26(30-20)24(37(35)19-7-3-17(27)4-8-19)25(34)28-14-22(32)29-18-5-6-18/h2-4,7-13,18,24H,5-6,14H2,1H3,(H,28,34)(H,29,32). The van der Waals surface area contributed by atoms with Gasteiger partial charge in [0.15, 0.2) is 5.25 Å². The van der Waals surface area contributed by atoms with Gasteiger partial charge in [0.2, 0.25) is 11.8 Å². The SMILES string of the molecule is Cn1ccc(-c2ccc3nc(C(C(=O)NCC(=O)NC4CC4)S(=O)c4ccc(F)cc4)sc3c2)cc1=O. The number of hydrogen-bond donors (Lipinski definition) is 2. The molecule has 11 heteroatoms. The number of benzene rings is 2. The second-order valence-corrected chi connectivity index (χ2v) is 11.4. The van der Waals surface area contributed by atoms with Gasteiger partial charge in [-0.05, 0) is 66.4 Å². The zero-order valence-electron chi connectivity index (χ0n) is 19.8. The molecule has 0 aliphatic heterocycles. The summed E-state index contributed by atoms with van der Waals surface area (Å²) in [5.41, 5.74) is 2.01. The minimum Gasteiger partial charge on any atom is -0.352 e. The Morgan fingerprint density at radius 1 is 1.14 bits per heavy atom. The normalized spacial score (nSPS) is 14.8. The van der Waals surface area contributed by atoms with Crippen molar-refractivity contribution in [3.8, 4) is 11.1 Å². The van der Waals surface area contributed by atoms with Crippen molar-refractivity contribution in [3.63, 3.8) is 0 Å². The molecular weight excluding hydrogens is 515 g/mol. The lowest BCUT2D eigenvalue weighted by molar-refractivity contribution is -0.126. The number of pyridine rings is 1. The van der Waals surface area contributed by atoms with Crippen LogP contribution in [0, 0.1) is 5.82 Å². The Labute approximate surface area is 218 Å². The Morgan fingerprint density at radius 3 is 2.57 bits per heavy atom. The summed E-state index contributed by atoms with van der Waals surface area (Å²) < 4.78 is 29.2. The molecule has 5 rings (SSSR count). The number of carbonyl (C=O) groups is 2. The first kappa shape index (κ1) is 25.0. The molecule has 0 radical (unpaired) electrons. The highest BCUT2D eigenvalue weighted by Gasteiger charge is 2.32. The molecule has 0 bridgehead atoms. The molecule has 2 atom stereocenters. The number of nitrogens with zero attached hydrogens (tertiary/aromatic N) is 2. The summed E-state index contributed by atoms with van der Waals surface area (Å²) in [5.74, 6) is -1.41. The Kier molecular flexibility index (Phi) is 6.98. The second kappa shape index (κ2) is 10.3. The van der Waals surface area contributed by atoms with Crippen LogP contribution in [-0.2, 0) is 27.4 Å². The van der Waals surface area contributed by atoms with E-state index in [-0.39, 0.29) is 28.9 Å². The maximum absolute atomic E-state index is 13.5. The molecule has 2 heterocycles. The van der Waals surface area contributed by atoms with Crippen LogP contribution in [0.15, 0.2) is 70.5 Å². The number of halogens is 1. The average Bonchev–Trinajstić information content (AvgIpc) is 3.60. The van der Waals surface area contributed by atoms with Gasteiger partial charge in [0.05, 0.1) is 27.6 Å². The molecule has 1 saturated carbocycles. The maximum Gasteiger partial charge on any atom is 0.250 e. The van der Waals surface area contributed by atoms with E-state index in [9.17, 15) is 23.0 Å². The molecule has 37 heavy (non-hydrogen) atoms. The molecule has 1 fully saturated rings. The van der Waals surface area contributed by atoms with Crippen LogP contribution in [0.5, 0.6) is 0 Å². The predicted molar refractivity (Wildman–Crippen MR) is 140 cm³/mol. The zero-order valence-corrected chi connectivity index (χ0v) is 21.4. The number of rotatable bonds is 8. The van der Waals surface area contributed by atoms with E-state index < -0.39 is 27.8 Å². The van der Waals surface area contributed by atoms with Crippen molar-refractivity contribution in [2.75, 3.05) is 6.54 Å². The van der Waals surface area contributed by atoms with E-state index in [2.05, 4.69) is 15.6 Å². The first-order valence-corrected chi connectivity index (χ1v) is 13.6. The van der Waals surface area contributed by atoms with Crippen molar-refractivity contribution < 1.29 is 18.2 Å². The first-order chi connectivity index (χ1) is 17.8. The van der Waals surface area contributed by atoms with Crippen molar-refractivity contribution >= 4 is 44.2 Å². The number of nitrogens with one attached hydrogen (secondary N) is 2. The van der Waals surface area contributed by atoms with Crippen LogP contribution in [0.2, 0.25) is 0 Å². The number of thiazole rings is 1. The van der Waals surface area contributed by atoms with Crippen LogP contribution in [0.25, 0.3) is 21.3 Å². The molecule has 2 aromatic heterocycles. The number of fused-ring (bicyclic) bond motifs is 1. The molecule has 0 spiro atoms. The van der Waals surface area contributed by atoms with Gasteiger partial charge in [0, 0.05) is 30.2 Å². The molecular formula is C26H23FN4O4S2. The highest BCUT2D eigenvalue weighted by molar-refractivity contribution is 7.86. The van der Waals surface area contributed by atoms with Gasteiger partial charge >= 0.3 is 0 Å². The fourth-order valence-corrected chi connectivity index (χ4v) is 6.32. The van der Waals surface area contributed by atoms with Crippen LogP contribution in [0.3, 0.4) is 0 Å². The number of amides is 2. The van der Waals surface area contributed by atoms with Crippen molar-refractivity contribution in [2.45, 2.75) is 29.0 Å². The zero-order chi connectivity index (χ0) is 26.1. The van der Waals surface area contributed by atoms with Crippen LogP contribution >= 0.6 is 11.3 Å². The smallest absolute Gasteiger partial charge is 0.250 e. The fourth-order valence-electron chi connectivity index (χ4n) is 3.73. The van der Waals surface area contributed by atoms with Crippen LogP contribution in [0.1, 0.15) is 23.1 Å². The lowest BCUT2D eigenvalue weighted by Gasteiger charge is -2.14. The van der Waals surface area contributed by atoms with Gasteiger partial charge in [-0.25, -0.2) is 9.37 Å². The third-order valence-corrected chi connectivity index (χ3v) is 8.77. The van der Waals surface area contributed by atoms with E-state index in [0.29, 0.717) is 10.5 Å². The van der Waals surface area contributed by atoms with Crippen molar-refractivity contribution in [3.05, 3.63) is 82.0 Å². The van der Waals surface area contributed by atoms with Crippen molar-refractivity contribution in [1.29, 1.82) is 0 Å². The Bertz CT molecular complexity index is 1580. The van der Waals surface area contributed by atoms with E-state index in [4.69, 9.17) is 0 Å².